The lowest BCUT2D eigenvalue weighted by molar-refractivity contribution is -0.523. The Bertz CT molecular complexity index is 430. The summed E-state index contributed by atoms with van der Waals surface area (Å²) >= 11 is 0. The van der Waals surface area contributed by atoms with E-state index in [-0.39, 0.29) is 11.3 Å². The van der Waals surface area contributed by atoms with Gasteiger partial charge in [0.25, 0.3) is 0 Å². The predicted octanol–water partition coefficient (Wildman–Crippen LogP) is 0.284. The van der Waals surface area contributed by atoms with Crippen LogP contribution in [-0.2, 0) is 4.79 Å². The molecule has 1 aliphatic heterocycles. The van der Waals surface area contributed by atoms with E-state index in [2.05, 4.69) is 0 Å². The van der Waals surface area contributed by atoms with Crippen LogP contribution in [0.2, 0.25) is 0 Å². The number of para-hydroxylation sites is 1. The average molecular weight is 209 g/mol. The molecule has 15 heavy (non-hydrogen) atoms. The quantitative estimate of drug-likeness (QED) is 0.310. The summed E-state index contributed by atoms with van der Waals surface area (Å²) in [5.41, 5.74) is 0.263. The smallest absolute Gasteiger partial charge is 0.390 e. The maximum atomic E-state index is 11.2. The van der Waals surface area contributed by atoms with Crippen LogP contribution in [-0.4, -0.2) is 22.0 Å². The molecule has 0 spiro atoms. The first-order valence-electron chi connectivity index (χ1n) is 4.23. The van der Waals surface area contributed by atoms with Gasteiger partial charge in [0, 0.05) is 10.5 Å². The highest BCUT2D eigenvalue weighted by Crippen LogP contribution is 2.33. The molecule has 0 aliphatic carbocycles. The predicted molar refractivity (Wildman–Crippen MR) is 47.8 cm³/mol. The number of carbonyl (C=O) groups excluding carboxylic acids is 1. The summed E-state index contributed by atoms with van der Waals surface area (Å²) in [4.78, 5) is 20.9. The molecule has 0 saturated heterocycles. The van der Waals surface area contributed by atoms with Crippen molar-refractivity contribution in [3.05, 3.63) is 39.9 Å². The van der Waals surface area contributed by atoms with Crippen LogP contribution in [0.15, 0.2) is 24.3 Å². The second kappa shape index (κ2) is 3.32. The molecule has 0 radical (unpaired) electrons. The number of aliphatic hydroxyl groups is 1. The van der Waals surface area contributed by atoms with Crippen LogP contribution < -0.4 is 4.74 Å². The van der Waals surface area contributed by atoms with Crippen LogP contribution >= 0.6 is 0 Å². The summed E-state index contributed by atoms with van der Waals surface area (Å²) in [6.45, 7) is 0. The van der Waals surface area contributed by atoms with Gasteiger partial charge in [-0.15, -0.1) is 0 Å². The van der Waals surface area contributed by atoms with E-state index in [0.717, 1.165) is 0 Å². The number of rotatable bonds is 1. The van der Waals surface area contributed by atoms with Crippen molar-refractivity contribution in [2.24, 2.45) is 0 Å². The van der Waals surface area contributed by atoms with Crippen molar-refractivity contribution in [3.63, 3.8) is 0 Å². The fourth-order valence-electron chi connectivity index (χ4n) is 1.49. The van der Waals surface area contributed by atoms with Crippen LogP contribution in [0.5, 0.6) is 5.75 Å². The van der Waals surface area contributed by atoms with Gasteiger partial charge in [0.05, 0.1) is 0 Å². The molecule has 0 bridgehead atoms. The van der Waals surface area contributed by atoms with E-state index < -0.39 is 23.0 Å². The summed E-state index contributed by atoms with van der Waals surface area (Å²) < 4.78 is 4.74. The summed E-state index contributed by atoms with van der Waals surface area (Å²) in [5.74, 6) is -0.862. The van der Waals surface area contributed by atoms with Crippen molar-refractivity contribution in [2.45, 2.75) is 12.1 Å². The van der Waals surface area contributed by atoms with Crippen molar-refractivity contribution in [1.82, 2.24) is 0 Å². The standard InChI is InChI=1S/C9H7NO5/c11-8-5-3-1-2-4-6(5)15-9(12)7(8)10(13)14/h1-4,7-8,11H. The summed E-state index contributed by atoms with van der Waals surface area (Å²) in [7, 11) is 0. The van der Waals surface area contributed by atoms with Crippen LogP contribution in [0.4, 0.5) is 0 Å². The molecule has 1 aromatic rings. The maximum absolute atomic E-state index is 11.2. The molecule has 2 rings (SSSR count). The van der Waals surface area contributed by atoms with Gasteiger partial charge in [-0.05, 0) is 6.07 Å². The number of esters is 1. The number of carbonyl (C=O) groups is 1. The minimum absolute atomic E-state index is 0.174. The van der Waals surface area contributed by atoms with Gasteiger partial charge < -0.3 is 9.84 Å². The zero-order chi connectivity index (χ0) is 11.0. The van der Waals surface area contributed by atoms with Crippen LogP contribution in [0, 0.1) is 10.1 Å². The number of aliphatic hydroxyl groups excluding tert-OH is 1. The molecule has 0 fully saturated rings. The number of hydrogen-bond donors (Lipinski definition) is 1. The van der Waals surface area contributed by atoms with Crippen molar-refractivity contribution >= 4 is 5.97 Å². The van der Waals surface area contributed by atoms with E-state index in [1.807, 2.05) is 0 Å². The van der Waals surface area contributed by atoms with Gasteiger partial charge in [0.15, 0.2) is 6.10 Å². The van der Waals surface area contributed by atoms with Crippen LogP contribution in [0.1, 0.15) is 11.7 Å². The summed E-state index contributed by atoms with van der Waals surface area (Å²) in [6, 6.07) is 4.46. The first kappa shape index (κ1) is 9.60. The fourth-order valence-corrected chi connectivity index (χ4v) is 1.49. The zero-order valence-electron chi connectivity index (χ0n) is 7.49. The van der Waals surface area contributed by atoms with Gasteiger partial charge in [-0.2, -0.15) is 0 Å². The van der Waals surface area contributed by atoms with Gasteiger partial charge in [-0.1, -0.05) is 18.2 Å². The van der Waals surface area contributed by atoms with Gasteiger partial charge in [0.1, 0.15) is 5.75 Å². The van der Waals surface area contributed by atoms with E-state index in [9.17, 15) is 20.0 Å². The molecule has 1 N–H and O–H groups in total. The Morgan fingerprint density at radius 1 is 1.40 bits per heavy atom. The first-order chi connectivity index (χ1) is 7.11. The minimum Gasteiger partial charge on any atom is -0.421 e. The number of nitro groups is 1. The number of fused-ring (bicyclic) bond motifs is 1. The molecule has 6 heteroatoms. The minimum atomic E-state index is -1.74. The molecule has 1 aliphatic rings. The van der Waals surface area contributed by atoms with Gasteiger partial charge in [0.2, 0.25) is 0 Å². The lowest BCUT2D eigenvalue weighted by atomic mass is 9.99. The molecule has 2 unspecified atom stereocenters. The maximum Gasteiger partial charge on any atom is 0.390 e. The SMILES string of the molecule is O=C1Oc2ccccc2C(O)C1[N+](=O)[O-]. The van der Waals surface area contributed by atoms with Gasteiger partial charge in [-0.3, -0.25) is 10.1 Å². The second-order valence-electron chi connectivity index (χ2n) is 3.13. The Hall–Kier alpha value is -1.95. The lowest BCUT2D eigenvalue weighted by Gasteiger charge is -2.22. The third kappa shape index (κ3) is 1.44. The Morgan fingerprint density at radius 3 is 2.73 bits per heavy atom. The molecule has 2 atom stereocenters. The van der Waals surface area contributed by atoms with Crippen molar-refractivity contribution < 1.29 is 19.6 Å². The van der Waals surface area contributed by atoms with E-state index >= 15 is 0 Å². The highest BCUT2D eigenvalue weighted by Gasteiger charge is 2.45. The highest BCUT2D eigenvalue weighted by atomic mass is 16.6. The molecule has 1 heterocycles. The monoisotopic (exact) mass is 209 g/mol. The van der Waals surface area contributed by atoms with Gasteiger partial charge >= 0.3 is 12.0 Å². The number of hydrogen-bond acceptors (Lipinski definition) is 5. The molecule has 0 amide bonds. The average Bonchev–Trinajstić information content (AvgIpc) is 2.17. The lowest BCUT2D eigenvalue weighted by Crippen LogP contribution is -2.42. The third-order valence-corrected chi connectivity index (χ3v) is 2.22. The summed E-state index contributed by atoms with van der Waals surface area (Å²) in [6.07, 6.45) is -1.45. The molecule has 78 valence electrons. The van der Waals surface area contributed by atoms with Crippen molar-refractivity contribution in [1.29, 1.82) is 0 Å². The van der Waals surface area contributed by atoms with E-state index in [4.69, 9.17) is 4.74 Å². The van der Waals surface area contributed by atoms with E-state index in [1.165, 1.54) is 12.1 Å². The third-order valence-electron chi connectivity index (χ3n) is 2.22. The molecular weight excluding hydrogens is 202 g/mol. The first-order valence-corrected chi connectivity index (χ1v) is 4.23. The number of ether oxygens (including phenoxy) is 1. The Balaban J connectivity index is 2.47. The Labute approximate surface area is 84.2 Å². The van der Waals surface area contributed by atoms with Crippen LogP contribution in [0.3, 0.4) is 0 Å². The highest BCUT2D eigenvalue weighted by molar-refractivity contribution is 5.80. The molecule has 0 aromatic heterocycles. The number of nitrogens with zero attached hydrogens (tertiary/aromatic N) is 1. The van der Waals surface area contributed by atoms with Crippen molar-refractivity contribution in [2.75, 3.05) is 0 Å². The normalized spacial score (nSPS) is 24.2. The Morgan fingerprint density at radius 2 is 2.07 bits per heavy atom. The van der Waals surface area contributed by atoms with Gasteiger partial charge in [-0.25, -0.2) is 4.79 Å². The topological polar surface area (TPSA) is 89.7 Å². The molecule has 1 aromatic carbocycles. The van der Waals surface area contributed by atoms with E-state index in [1.54, 1.807) is 12.1 Å². The molecular formula is C9H7NO5. The molecule has 6 nitrogen and oxygen atoms in total. The summed E-state index contributed by atoms with van der Waals surface area (Å²) in [5, 5.41) is 20.1. The fraction of sp³-hybridized carbons (Fsp3) is 0.222. The Kier molecular flexibility index (Phi) is 2.12. The van der Waals surface area contributed by atoms with E-state index in [0.29, 0.717) is 0 Å². The van der Waals surface area contributed by atoms with Crippen molar-refractivity contribution in [3.8, 4) is 5.75 Å². The zero-order valence-corrected chi connectivity index (χ0v) is 7.49. The number of benzene rings is 1. The van der Waals surface area contributed by atoms with Crippen LogP contribution in [0.25, 0.3) is 0 Å². The molecule has 0 saturated carbocycles. The largest absolute Gasteiger partial charge is 0.421 e. The second-order valence-corrected chi connectivity index (χ2v) is 3.13.